The number of pyridine rings is 1. The summed E-state index contributed by atoms with van der Waals surface area (Å²) in [5.41, 5.74) is 0. The van der Waals surface area contributed by atoms with Crippen LogP contribution in [0.4, 0.5) is 0 Å². The van der Waals surface area contributed by atoms with E-state index in [2.05, 4.69) is 9.88 Å². The number of hydrogen-bond donors (Lipinski definition) is 0. The van der Waals surface area contributed by atoms with Crippen molar-refractivity contribution in [2.45, 2.75) is 36.7 Å². The van der Waals surface area contributed by atoms with Crippen LogP contribution in [0.5, 0.6) is 0 Å². The number of aromatic nitrogens is 1. The molecule has 0 amide bonds. The van der Waals surface area contributed by atoms with Gasteiger partial charge in [-0.3, -0.25) is 4.90 Å². The zero-order chi connectivity index (χ0) is 14.3. The molecule has 7 heteroatoms. The van der Waals surface area contributed by atoms with Crippen molar-refractivity contribution in [1.29, 1.82) is 0 Å². The SMILES string of the molecule is CC1CN2CCCC2CN1S(=O)(=O)c1cccnc1Cl. The molecule has 2 atom stereocenters. The molecule has 20 heavy (non-hydrogen) atoms. The normalized spacial score (nSPS) is 28.5. The second kappa shape index (κ2) is 5.26. The summed E-state index contributed by atoms with van der Waals surface area (Å²) in [7, 11) is -3.57. The van der Waals surface area contributed by atoms with Gasteiger partial charge in [-0.2, -0.15) is 4.31 Å². The van der Waals surface area contributed by atoms with Gasteiger partial charge in [-0.1, -0.05) is 11.6 Å². The van der Waals surface area contributed by atoms with Gasteiger partial charge in [0.15, 0.2) is 0 Å². The summed E-state index contributed by atoms with van der Waals surface area (Å²) in [6.45, 7) is 4.38. The molecule has 0 aromatic carbocycles. The van der Waals surface area contributed by atoms with Gasteiger partial charge in [-0.25, -0.2) is 13.4 Å². The molecule has 3 heterocycles. The van der Waals surface area contributed by atoms with E-state index in [0.29, 0.717) is 12.6 Å². The Kier molecular flexibility index (Phi) is 3.75. The lowest BCUT2D eigenvalue weighted by molar-refractivity contribution is 0.117. The van der Waals surface area contributed by atoms with Crippen LogP contribution in [-0.4, -0.2) is 54.3 Å². The lowest BCUT2D eigenvalue weighted by Crippen LogP contribution is -2.56. The Morgan fingerprint density at radius 3 is 2.95 bits per heavy atom. The molecule has 0 N–H and O–H groups in total. The summed E-state index contributed by atoms with van der Waals surface area (Å²) in [6.07, 6.45) is 3.72. The highest BCUT2D eigenvalue weighted by molar-refractivity contribution is 7.89. The van der Waals surface area contributed by atoms with E-state index in [1.165, 1.54) is 12.3 Å². The Balaban J connectivity index is 1.93. The number of nitrogens with zero attached hydrogens (tertiary/aromatic N) is 3. The van der Waals surface area contributed by atoms with Crippen LogP contribution >= 0.6 is 11.6 Å². The summed E-state index contributed by atoms with van der Waals surface area (Å²) in [6, 6.07) is 3.44. The minimum Gasteiger partial charge on any atom is -0.297 e. The van der Waals surface area contributed by atoms with E-state index < -0.39 is 10.0 Å². The number of rotatable bonds is 2. The molecule has 1 aromatic heterocycles. The zero-order valence-electron chi connectivity index (χ0n) is 11.4. The van der Waals surface area contributed by atoms with Gasteiger partial charge in [-0.15, -0.1) is 0 Å². The minimum absolute atomic E-state index is 0.0365. The highest BCUT2D eigenvalue weighted by Crippen LogP contribution is 2.30. The van der Waals surface area contributed by atoms with Crippen molar-refractivity contribution in [3.63, 3.8) is 0 Å². The van der Waals surface area contributed by atoms with Crippen LogP contribution in [0.2, 0.25) is 5.15 Å². The second-order valence-corrected chi connectivity index (χ2v) is 7.72. The Morgan fingerprint density at radius 1 is 1.40 bits per heavy atom. The molecule has 5 nitrogen and oxygen atoms in total. The summed E-state index contributed by atoms with van der Waals surface area (Å²) in [4.78, 5) is 6.38. The van der Waals surface area contributed by atoms with E-state index in [1.54, 1.807) is 10.4 Å². The molecule has 2 unspecified atom stereocenters. The summed E-state index contributed by atoms with van der Waals surface area (Å²) in [5.74, 6) is 0. The van der Waals surface area contributed by atoms with Crippen LogP contribution in [0.15, 0.2) is 23.2 Å². The molecular weight excluding hydrogens is 298 g/mol. The van der Waals surface area contributed by atoms with Gasteiger partial charge in [-0.05, 0) is 38.4 Å². The van der Waals surface area contributed by atoms with E-state index in [0.717, 1.165) is 25.9 Å². The molecule has 2 aliphatic heterocycles. The van der Waals surface area contributed by atoms with E-state index in [9.17, 15) is 8.42 Å². The molecular formula is C13H18ClN3O2S. The van der Waals surface area contributed by atoms with Crippen molar-refractivity contribution in [2.24, 2.45) is 0 Å². The van der Waals surface area contributed by atoms with Crippen LogP contribution in [-0.2, 0) is 10.0 Å². The first-order chi connectivity index (χ1) is 9.50. The molecule has 3 rings (SSSR count). The van der Waals surface area contributed by atoms with Crippen LogP contribution in [0.1, 0.15) is 19.8 Å². The molecule has 110 valence electrons. The maximum Gasteiger partial charge on any atom is 0.246 e. The first-order valence-electron chi connectivity index (χ1n) is 6.86. The lowest BCUT2D eigenvalue weighted by atomic mass is 10.1. The minimum atomic E-state index is -3.57. The number of fused-ring (bicyclic) bond motifs is 1. The fourth-order valence-electron chi connectivity index (χ4n) is 3.19. The molecule has 0 aliphatic carbocycles. The predicted octanol–water partition coefficient (Wildman–Crippen LogP) is 1.59. The number of sulfonamides is 1. The fraction of sp³-hybridized carbons (Fsp3) is 0.615. The molecule has 2 fully saturated rings. The summed E-state index contributed by atoms with van der Waals surface area (Å²) >= 11 is 5.96. The van der Waals surface area contributed by atoms with E-state index >= 15 is 0 Å². The Bertz CT molecular complexity index is 607. The zero-order valence-corrected chi connectivity index (χ0v) is 12.9. The van der Waals surface area contributed by atoms with E-state index in [1.807, 2.05) is 6.92 Å². The maximum absolute atomic E-state index is 12.8. The average Bonchev–Trinajstić information content (AvgIpc) is 2.85. The van der Waals surface area contributed by atoms with E-state index in [4.69, 9.17) is 11.6 Å². The van der Waals surface area contributed by atoms with Crippen molar-refractivity contribution < 1.29 is 8.42 Å². The van der Waals surface area contributed by atoms with Gasteiger partial charge < -0.3 is 0 Å². The standard InChI is InChI=1S/C13H18ClN3O2S/c1-10-8-16-7-3-4-11(16)9-17(10)20(18,19)12-5-2-6-15-13(12)14/h2,5-6,10-11H,3-4,7-9H2,1H3. The Labute approximate surface area is 124 Å². The van der Waals surface area contributed by atoms with Crippen molar-refractivity contribution in [3.8, 4) is 0 Å². The van der Waals surface area contributed by atoms with E-state index in [-0.39, 0.29) is 16.1 Å². The first-order valence-corrected chi connectivity index (χ1v) is 8.68. The van der Waals surface area contributed by atoms with Crippen LogP contribution in [0.25, 0.3) is 0 Å². The monoisotopic (exact) mass is 315 g/mol. The number of hydrogen-bond acceptors (Lipinski definition) is 4. The van der Waals surface area contributed by atoms with Gasteiger partial charge in [0.25, 0.3) is 0 Å². The third kappa shape index (κ3) is 2.35. The predicted molar refractivity (Wildman–Crippen MR) is 77.2 cm³/mol. The quantitative estimate of drug-likeness (QED) is 0.778. The molecule has 0 saturated carbocycles. The average molecular weight is 316 g/mol. The molecule has 0 bridgehead atoms. The first kappa shape index (κ1) is 14.3. The highest BCUT2D eigenvalue weighted by Gasteiger charge is 2.40. The van der Waals surface area contributed by atoms with Crippen molar-refractivity contribution in [2.75, 3.05) is 19.6 Å². The topological polar surface area (TPSA) is 53.5 Å². The van der Waals surface area contributed by atoms with Gasteiger partial charge >= 0.3 is 0 Å². The van der Waals surface area contributed by atoms with Crippen molar-refractivity contribution in [3.05, 3.63) is 23.5 Å². The largest absolute Gasteiger partial charge is 0.297 e. The van der Waals surface area contributed by atoms with Gasteiger partial charge in [0, 0.05) is 31.4 Å². The van der Waals surface area contributed by atoms with Gasteiger partial charge in [0.2, 0.25) is 10.0 Å². The maximum atomic E-state index is 12.8. The highest BCUT2D eigenvalue weighted by atomic mass is 35.5. The van der Waals surface area contributed by atoms with Gasteiger partial charge in [0.05, 0.1) is 0 Å². The Morgan fingerprint density at radius 2 is 2.20 bits per heavy atom. The summed E-state index contributed by atoms with van der Waals surface area (Å²) < 4.78 is 27.2. The van der Waals surface area contributed by atoms with Crippen LogP contribution in [0.3, 0.4) is 0 Å². The molecule has 0 radical (unpaired) electrons. The lowest BCUT2D eigenvalue weighted by Gasteiger charge is -2.41. The smallest absolute Gasteiger partial charge is 0.246 e. The Hall–Kier alpha value is -0.690. The molecule has 0 spiro atoms. The molecule has 2 aliphatic rings. The van der Waals surface area contributed by atoms with Gasteiger partial charge in [0.1, 0.15) is 10.0 Å². The van der Waals surface area contributed by atoms with Crippen molar-refractivity contribution in [1.82, 2.24) is 14.2 Å². The molecule has 1 aromatic rings. The number of piperazine rings is 1. The third-order valence-electron chi connectivity index (χ3n) is 4.19. The third-order valence-corrected chi connectivity index (χ3v) is 6.62. The fourth-order valence-corrected chi connectivity index (χ4v) is 5.27. The van der Waals surface area contributed by atoms with Crippen LogP contribution < -0.4 is 0 Å². The van der Waals surface area contributed by atoms with Crippen molar-refractivity contribution >= 4 is 21.6 Å². The number of halogens is 1. The second-order valence-electron chi connectivity index (χ2n) is 5.51. The molecule has 2 saturated heterocycles. The summed E-state index contributed by atoms with van der Waals surface area (Å²) in [5, 5.41) is 0.0496. The van der Waals surface area contributed by atoms with Crippen LogP contribution in [0, 0.1) is 0 Å².